The van der Waals surface area contributed by atoms with E-state index in [0.717, 1.165) is 24.5 Å². The van der Waals surface area contributed by atoms with Crippen LogP contribution in [0, 0.1) is 17.5 Å². The lowest BCUT2D eigenvalue weighted by molar-refractivity contribution is -0.896. The third-order valence-electron chi connectivity index (χ3n) is 9.30. The molecule has 2 heterocycles. The highest BCUT2D eigenvalue weighted by atomic mass is 35.5. The van der Waals surface area contributed by atoms with Crippen LogP contribution in [0.4, 0.5) is 18.9 Å². The van der Waals surface area contributed by atoms with Crippen LogP contribution in [0.1, 0.15) is 37.8 Å². The first-order valence-electron chi connectivity index (χ1n) is 15.4. The highest BCUT2D eigenvalue weighted by molar-refractivity contribution is 8.13. The minimum Gasteiger partial charge on any atom is -0.494 e. The van der Waals surface area contributed by atoms with Crippen molar-refractivity contribution in [3.8, 4) is 5.75 Å². The second-order valence-electron chi connectivity index (χ2n) is 13.5. The molecule has 0 aromatic heterocycles. The largest absolute Gasteiger partial charge is 0.494 e. The van der Waals surface area contributed by atoms with E-state index in [9.17, 15) is 17.2 Å². The van der Waals surface area contributed by atoms with E-state index in [2.05, 4.69) is 0 Å². The molecule has 2 unspecified atom stereocenters. The Balaban J connectivity index is 1.40. The van der Waals surface area contributed by atoms with Crippen LogP contribution in [0.25, 0.3) is 0 Å². The monoisotopic (exact) mass is 709 g/mol. The lowest BCUT2D eigenvalue weighted by atomic mass is 9.77. The molecule has 0 aliphatic carbocycles. The molecule has 13 heteroatoms. The number of quaternary nitrogens is 1. The molecule has 0 amide bonds. The maximum absolute atomic E-state index is 15.7. The number of ether oxygens (including phenoxy) is 1. The Morgan fingerprint density at radius 2 is 1.74 bits per heavy atom. The van der Waals surface area contributed by atoms with Crippen molar-refractivity contribution >= 4 is 44.2 Å². The molecule has 0 radical (unpaired) electrons. The van der Waals surface area contributed by atoms with Gasteiger partial charge in [0.1, 0.15) is 17.7 Å². The maximum Gasteiger partial charge on any atom is 0.243 e. The molecule has 0 spiro atoms. The molecule has 0 bridgehead atoms. The Labute approximate surface area is 285 Å². The van der Waals surface area contributed by atoms with Gasteiger partial charge in [0, 0.05) is 40.4 Å². The number of piperidine rings is 1. The number of likely N-dealkylation sites (N-methyl/N-ethyl adjacent to an activating group) is 1. The van der Waals surface area contributed by atoms with Gasteiger partial charge in [-0.3, -0.25) is 4.99 Å². The molecular weight excluding hydrogens is 669 g/mol. The molecule has 0 N–H and O–H groups in total. The number of hydrogen-bond acceptors (Lipinski definition) is 6. The third kappa shape index (κ3) is 7.32. The van der Waals surface area contributed by atoms with Crippen molar-refractivity contribution in [1.82, 2.24) is 4.31 Å². The average molecular weight is 710 g/mol. The van der Waals surface area contributed by atoms with Crippen molar-refractivity contribution in [2.24, 2.45) is 4.99 Å². The first-order valence-corrected chi connectivity index (χ1v) is 18.2. The van der Waals surface area contributed by atoms with Gasteiger partial charge in [0.2, 0.25) is 10.0 Å². The normalized spacial score (nSPS) is 19.6. The van der Waals surface area contributed by atoms with Gasteiger partial charge in [-0.05, 0) is 60.5 Å². The molecule has 0 saturated carbocycles. The molecule has 2 aliphatic rings. The van der Waals surface area contributed by atoms with E-state index in [1.165, 1.54) is 47.4 Å². The Kier molecular flexibility index (Phi) is 10.3. The van der Waals surface area contributed by atoms with E-state index >= 15 is 4.39 Å². The smallest absolute Gasteiger partial charge is 0.243 e. The summed E-state index contributed by atoms with van der Waals surface area (Å²) in [4.78, 5) is 6.61. The predicted molar refractivity (Wildman–Crippen MR) is 183 cm³/mol. The van der Waals surface area contributed by atoms with Gasteiger partial charge >= 0.3 is 0 Å². The predicted octanol–water partition coefficient (Wildman–Crippen LogP) is 7.08. The second-order valence-corrected chi connectivity index (χ2v) is 16.8. The number of rotatable bonds is 9. The third-order valence-corrected chi connectivity index (χ3v) is 12.5. The van der Waals surface area contributed by atoms with Gasteiger partial charge in [0.15, 0.2) is 16.7 Å². The fraction of sp³-hybridized carbons (Fsp3) is 0.441. The minimum absolute atomic E-state index is 0.0125. The number of halogens is 4. The Hall–Kier alpha value is -2.77. The van der Waals surface area contributed by atoms with Crippen LogP contribution in [-0.2, 0) is 21.2 Å². The average Bonchev–Trinajstić information content (AvgIpc) is 3.45. The first kappa shape index (κ1) is 35.5. The number of methoxy groups -OCH3 is 1. The Bertz CT molecular complexity index is 1740. The van der Waals surface area contributed by atoms with E-state index in [4.69, 9.17) is 21.3 Å². The summed E-state index contributed by atoms with van der Waals surface area (Å²) in [7, 11) is 3.58. The van der Waals surface area contributed by atoms with Crippen molar-refractivity contribution in [3.05, 3.63) is 88.2 Å². The molecule has 3 aromatic rings. The van der Waals surface area contributed by atoms with Crippen molar-refractivity contribution in [2.75, 3.05) is 52.8 Å². The van der Waals surface area contributed by atoms with Crippen LogP contribution in [-0.4, -0.2) is 82.3 Å². The summed E-state index contributed by atoms with van der Waals surface area (Å²) in [6.45, 7) is 5.13. The van der Waals surface area contributed by atoms with E-state index in [-0.39, 0.29) is 44.9 Å². The first-order chi connectivity index (χ1) is 22.0. The number of hydrogen-bond donors (Lipinski definition) is 0. The van der Waals surface area contributed by atoms with Gasteiger partial charge in [-0.2, -0.15) is 4.31 Å². The van der Waals surface area contributed by atoms with Crippen LogP contribution in [0.15, 0.2) is 64.5 Å². The van der Waals surface area contributed by atoms with Crippen LogP contribution < -0.4 is 9.64 Å². The Morgan fingerprint density at radius 3 is 2.38 bits per heavy atom. The summed E-state index contributed by atoms with van der Waals surface area (Å²) in [5, 5.41) is 0.578. The lowest BCUT2D eigenvalue weighted by Crippen LogP contribution is -2.55. The summed E-state index contributed by atoms with van der Waals surface area (Å²) in [5.74, 6) is -1.37. The van der Waals surface area contributed by atoms with Gasteiger partial charge in [-0.15, -0.1) is 0 Å². The van der Waals surface area contributed by atoms with Crippen LogP contribution in [0.3, 0.4) is 0 Å². The number of aliphatic imine (C=N–C) groups is 1. The SMILES string of the molecule is COc1cc(C(C)(C)C2CN=C(SCc3c(F)cc(S(=O)(=O)N4CCCC([N+](C)(C)C)C4)cc3Cl)N2c2ccc(F)cc2)ccc1F. The second kappa shape index (κ2) is 13.6. The Morgan fingerprint density at radius 1 is 1.04 bits per heavy atom. The molecule has 2 aliphatic heterocycles. The highest BCUT2D eigenvalue weighted by Crippen LogP contribution is 2.41. The van der Waals surface area contributed by atoms with E-state index in [1.54, 1.807) is 24.3 Å². The molecular formula is C34H41ClF3N4O3S2+. The fourth-order valence-corrected chi connectivity index (χ4v) is 9.27. The quantitative estimate of drug-likeness (QED) is 0.222. The maximum atomic E-state index is 15.7. The van der Waals surface area contributed by atoms with Gasteiger partial charge < -0.3 is 14.1 Å². The van der Waals surface area contributed by atoms with Crippen LogP contribution in [0.5, 0.6) is 5.75 Å². The van der Waals surface area contributed by atoms with Gasteiger partial charge in [0.05, 0.1) is 52.3 Å². The van der Waals surface area contributed by atoms with Crippen LogP contribution in [0.2, 0.25) is 5.02 Å². The van der Waals surface area contributed by atoms with E-state index in [0.29, 0.717) is 35.0 Å². The molecule has 5 rings (SSSR count). The number of thioether (sulfide) groups is 1. The summed E-state index contributed by atoms with van der Waals surface area (Å²) in [5.41, 5.74) is 1.08. The molecule has 3 aromatic carbocycles. The summed E-state index contributed by atoms with van der Waals surface area (Å²) in [6.07, 6.45) is 1.64. The van der Waals surface area contributed by atoms with E-state index in [1.807, 2.05) is 39.9 Å². The molecule has 1 saturated heterocycles. The summed E-state index contributed by atoms with van der Waals surface area (Å²) < 4.78 is 78.3. The van der Waals surface area contributed by atoms with Gasteiger partial charge in [-0.25, -0.2) is 21.6 Å². The van der Waals surface area contributed by atoms with Crippen molar-refractivity contribution in [1.29, 1.82) is 0 Å². The van der Waals surface area contributed by atoms with Crippen LogP contribution >= 0.6 is 23.4 Å². The van der Waals surface area contributed by atoms with Gasteiger partial charge in [0.25, 0.3) is 0 Å². The van der Waals surface area contributed by atoms with E-state index < -0.39 is 27.1 Å². The molecule has 47 heavy (non-hydrogen) atoms. The number of benzene rings is 3. The fourth-order valence-electron chi connectivity index (χ4n) is 6.19. The molecule has 7 nitrogen and oxygen atoms in total. The topological polar surface area (TPSA) is 62.2 Å². The number of sulfonamides is 1. The zero-order valence-corrected chi connectivity index (χ0v) is 29.8. The van der Waals surface area contributed by atoms with Crippen molar-refractivity contribution < 1.29 is 30.8 Å². The number of nitrogens with zero attached hydrogens (tertiary/aromatic N) is 4. The summed E-state index contributed by atoms with van der Waals surface area (Å²) in [6, 6.07) is 13.0. The summed E-state index contributed by atoms with van der Waals surface area (Å²) >= 11 is 7.84. The number of anilines is 1. The molecule has 2 atom stereocenters. The minimum atomic E-state index is -3.96. The standard InChI is InChI=1S/C34H41ClF3N4O3S2/c1-34(2,22-9-14-29(37)31(16-22)45-6)32-19-39-33(41(32)24-12-10-23(36)11-13-24)46-21-27-28(35)17-26(18-30(27)38)47(43,44)40-15-7-8-25(20-40)42(3,4)5/h9-14,16-18,25,32H,7-8,15,19-21H2,1-6H3/q+1. The molecule has 1 fully saturated rings. The van der Waals surface area contributed by atoms with Crippen molar-refractivity contribution in [2.45, 2.75) is 54.8 Å². The van der Waals surface area contributed by atoms with Gasteiger partial charge in [-0.1, -0.05) is 43.3 Å². The lowest BCUT2D eigenvalue weighted by Gasteiger charge is -2.40. The van der Waals surface area contributed by atoms with Crippen molar-refractivity contribution in [3.63, 3.8) is 0 Å². The zero-order chi connectivity index (χ0) is 34.3. The zero-order valence-electron chi connectivity index (χ0n) is 27.4. The highest BCUT2D eigenvalue weighted by Gasteiger charge is 2.42. The number of amidine groups is 1. The molecule has 254 valence electrons.